The minimum Gasteiger partial charge on any atom is -0.354 e. The molecule has 6 heteroatoms. The second-order valence-electron chi connectivity index (χ2n) is 3.79. The Labute approximate surface area is 110 Å². The van der Waals surface area contributed by atoms with E-state index in [1.165, 1.54) is 0 Å². The van der Waals surface area contributed by atoms with Crippen LogP contribution < -0.4 is 0 Å². The molecule has 0 amide bonds. The predicted octanol–water partition coefficient (Wildman–Crippen LogP) is 1.24. The van der Waals surface area contributed by atoms with E-state index in [-0.39, 0.29) is 0 Å². The van der Waals surface area contributed by atoms with Crippen LogP contribution in [0.3, 0.4) is 0 Å². The van der Waals surface area contributed by atoms with E-state index in [1.807, 2.05) is 43.1 Å². The molecule has 0 aliphatic heterocycles. The maximum Gasteiger partial charge on any atom is 0.193 e. The fourth-order valence-corrected chi connectivity index (χ4v) is 2.06. The maximum atomic E-state index is 5.46. The van der Waals surface area contributed by atoms with E-state index in [0.29, 0.717) is 5.11 Å². The van der Waals surface area contributed by atoms with Crippen LogP contribution in [0.4, 0.5) is 0 Å². The number of rotatable bonds is 3. The van der Waals surface area contributed by atoms with Crippen molar-refractivity contribution in [3.63, 3.8) is 0 Å². The number of hydrazine groups is 1. The first kappa shape index (κ1) is 15.5. The van der Waals surface area contributed by atoms with Gasteiger partial charge in [-0.1, -0.05) is 0 Å². The molecule has 0 aromatic heterocycles. The van der Waals surface area contributed by atoms with Gasteiger partial charge in [-0.15, -0.1) is 0 Å². The molecular formula is C10H22N4S2. The summed E-state index contributed by atoms with van der Waals surface area (Å²) in [6.45, 7) is 5.94. The third-order valence-corrected chi connectivity index (χ3v) is 3.15. The van der Waals surface area contributed by atoms with Gasteiger partial charge in [-0.3, -0.25) is 0 Å². The second kappa shape index (κ2) is 6.98. The lowest BCUT2D eigenvalue weighted by atomic mass is 10.5. The summed E-state index contributed by atoms with van der Waals surface area (Å²) in [5, 5.41) is 5.20. The minimum absolute atomic E-state index is 0.696. The lowest BCUT2D eigenvalue weighted by Gasteiger charge is -2.38. The van der Waals surface area contributed by atoms with Crippen molar-refractivity contribution in [2.75, 3.05) is 41.3 Å². The largest absolute Gasteiger partial charge is 0.354 e. The Kier molecular flexibility index (Phi) is 6.78. The van der Waals surface area contributed by atoms with Gasteiger partial charge >= 0.3 is 0 Å². The lowest BCUT2D eigenvalue weighted by molar-refractivity contribution is 0.166. The van der Waals surface area contributed by atoms with E-state index < -0.39 is 0 Å². The Morgan fingerprint density at radius 3 is 1.56 bits per heavy atom. The van der Waals surface area contributed by atoms with Crippen molar-refractivity contribution in [3.8, 4) is 0 Å². The van der Waals surface area contributed by atoms with Crippen molar-refractivity contribution in [1.29, 1.82) is 0 Å². The number of nitrogens with zero attached hydrogens (tertiary/aromatic N) is 4. The number of thiocarbonyl (C=S) groups is 2. The molecule has 0 rings (SSSR count). The molecule has 0 unspecified atom stereocenters. The Balaban J connectivity index is 4.92. The Morgan fingerprint density at radius 2 is 1.31 bits per heavy atom. The van der Waals surface area contributed by atoms with Crippen LogP contribution in [0.25, 0.3) is 0 Å². The zero-order valence-corrected chi connectivity index (χ0v) is 12.7. The predicted molar refractivity (Wildman–Crippen MR) is 77.3 cm³/mol. The molecule has 0 saturated heterocycles. The van der Waals surface area contributed by atoms with Crippen molar-refractivity contribution in [1.82, 2.24) is 19.8 Å². The van der Waals surface area contributed by atoms with Crippen LogP contribution >= 0.6 is 24.4 Å². The smallest absolute Gasteiger partial charge is 0.193 e. The van der Waals surface area contributed by atoms with Crippen molar-refractivity contribution < 1.29 is 0 Å². The summed E-state index contributed by atoms with van der Waals surface area (Å²) in [5.74, 6) is 0. The molecule has 94 valence electrons. The normalized spacial score (nSPS) is 10.2. The molecule has 0 heterocycles. The highest BCUT2D eigenvalue weighted by Crippen LogP contribution is 2.05. The van der Waals surface area contributed by atoms with Gasteiger partial charge < -0.3 is 9.80 Å². The average molecular weight is 262 g/mol. The van der Waals surface area contributed by atoms with Crippen LogP contribution in [-0.2, 0) is 0 Å². The summed E-state index contributed by atoms with van der Waals surface area (Å²) in [6.07, 6.45) is 0. The van der Waals surface area contributed by atoms with Gasteiger partial charge in [0, 0.05) is 41.3 Å². The molecule has 0 fully saturated rings. The fourth-order valence-electron chi connectivity index (χ4n) is 1.24. The maximum absolute atomic E-state index is 5.46. The van der Waals surface area contributed by atoms with Gasteiger partial charge in [0.2, 0.25) is 0 Å². The monoisotopic (exact) mass is 262 g/mol. The highest BCUT2D eigenvalue weighted by molar-refractivity contribution is 7.81. The first-order valence-corrected chi connectivity index (χ1v) is 6.15. The zero-order chi connectivity index (χ0) is 12.9. The molecule has 0 radical (unpaired) electrons. The standard InChI is InChI=1S/C10H22N4S2/c1-7-13(8-2)10(16)14(12(5)6)9(15)11(3)4/h7-8H2,1-6H3. The van der Waals surface area contributed by atoms with E-state index in [1.54, 1.807) is 0 Å². The molecule has 0 saturated carbocycles. The molecule has 0 aliphatic carbocycles. The van der Waals surface area contributed by atoms with Crippen LogP contribution in [0.5, 0.6) is 0 Å². The van der Waals surface area contributed by atoms with E-state index in [2.05, 4.69) is 18.7 Å². The van der Waals surface area contributed by atoms with Crippen LogP contribution in [0.2, 0.25) is 0 Å². The Morgan fingerprint density at radius 1 is 0.875 bits per heavy atom. The van der Waals surface area contributed by atoms with E-state index in [4.69, 9.17) is 24.4 Å². The highest BCUT2D eigenvalue weighted by Gasteiger charge is 2.21. The van der Waals surface area contributed by atoms with E-state index >= 15 is 0 Å². The van der Waals surface area contributed by atoms with Gasteiger partial charge in [0.25, 0.3) is 0 Å². The molecule has 0 aromatic rings. The molecule has 16 heavy (non-hydrogen) atoms. The Hall–Kier alpha value is -0.460. The van der Waals surface area contributed by atoms with Crippen LogP contribution in [-0.4, -0.2) is 71.3 Å². The van der Waals surface area contributed by atoms with Crippen LogP contribution in [0.15, 0.2) is 0 Å². The number of hydrogen-bond donors (Lipinski definition) is 0. The first-order chi connectivity index (χ1) is 7.36. The van der Waals surface area contributed by atoms with Gasteiger partial charge in [0.15, 0.2) is 10.2 Å². The molecule has 0 aliphatic rings. The van der Waals surface area contributed by atoms with Gasteiger partial charge in [-0.05, 0) is 38.3 Å². The van der Waals surface area contributed by atoms with Gasteiger partial charge in [0.05, 0.1) is 0 Å². The van der Waals surface area contributed by atoms with Gasteiger partial charge in [0.1, 0.15) is 0 Å². The summed E-state index contributed by atoms with van der Waals surface area (Å²) in [4.78, 5) is 3.98. The van der Waals surface area contributed by atoms with Crippen molar-refractivity contribution in [2.45, 2.75) is 13.8 Å². The fraction of sp³-hybridized carbons (Fsp3) is 0.800. The minimum atomic E-state index is 0.696. The molecule has 0 spiro atoms. The van der Waals surface area contributed by atoms with Crippen LogP contribution in [0.1, 0.15) is 13.8 Å². The van der Waals surface area contributed by atoms with Crippen molar-refractivity contribution in [2.24, 2.45) is 0 Å². The average Bonchev–Trinajstić information content (AvgIpc) is 2.18. The van der Waals surface area contributed by atoms with Gasteiger partial charge in [-0.25, -0.2) is 10.0 Å². The summed E-state index contributed by atoms with van der Waals surface area (Å²) < 4.78 is 0. The van der Waals surface area contributed by atoms with Crippen molar-refractivity contribution >= 4 is 34.7 Å². The summed E-state index contributed by atoms with van der Waals surface area (Å²) in [6, 6.07) is 0. The summed E-state index contributed by atoms with van der Waals surface area (Å²) in [5.41, 5.74) is 0. The summed E-state index contributed by atoms with van der Waals surface area (Å²) in [7, 11) is 7.71. The molecule has 0 aromatic carbocycles. The quantitative estimate of drug-likeness (QED) is 0.557. The lowest BCUT2D eigenvalue weighted by Crippen LogP contribution is -2.54. The zero-order valence-electron chi connectivity index (χ0n) is 11.0. The topological polar surface area (TPSA) is 13.0 Å². The van der Waals surface area contributed by atoms with E-state index in [9.17, 15) is 0 Å². The van der Waals surface area contributed by atoms with Crippen molar-refractivity contribution in [3.05, 3.63) is 0 Å². The molecule has 0 N–H and O–H groups in total. The molecular weight excluding hydrogens is 240 g/mol. The second-order valence-corrected chi connectivity index (χ2v) is 4.52. The van der Waals surface area contributed by atoms with Crippen LogP contribution in [0, 0.1) is 0 Å². The highest BCUT2D eigenvalue weighted by atomic mass is 32.1. The third-order valence-electron chi connectivity index (χ3n) is 2.18. The SMILES string of the molecule is CCN(CC)C(=S)N(C(=S)N(C)C)N(C)C. The van der Waals surface area contributed by atoms with Gasteiger partial charge in [-0.2, -0.15) is 0 Å². The van der Waals surface area contributed by atoms with E-state index in [0.717, 1.165) is 18.2 Å². The molecule has 0 atom stereocenters. The third kappa shape index (κ3) is 3.84. The molecule has 4 nitrogen and oxygen atoms in total. The number of hydrogen-bond acceptors (Lipinski definition) is 3. The summed E-state index contributed by atoms with van der Waals surface area (Å²) >= 11 is 10.8. The molecule has 0 bridgehead atoms. The Bertz CT molecular complexity index is 249. The first-order valence-electron chi connectivity index (χ1n) is 5.34.